The van der Waals surface area contributed by atoms with Crippen LogP contribution < -0.4 is 22.1 Å². The van der Waals surface area contributed by atoms with Crippen molar-refractivity contribution in [3.05, 3.63) is 84.9 Å². The molecule has 0 fully saturated rings. The van der Waals surface area contributed by atoms with Gasteiger partial charge in [0, 0.05) is 17.8 Å². The van der Waals surface area contributed by atoms with Crippen molar-refractivity contribution in [2.75, 3.05) is 5.32 Å². The van der Waals surface area contributed by atoms with Crippen molar-refractivity contribution in [1.82, 2.24) is 19.4 Å². The average Bonchev–Trinajstić information content (AvgIpc) is 3.10. The lowest BCUT2D eigenvalue weighted by Gasteiger charge is -2.05. The van der Waals surface area contributed by atoms with Gasteiger partial charge in [0.2, 0.25) is 0 Å². The predicted molar refractivity (Wildman–Crippen MR) is 100 cm³/mol. The van der Waals surface area contributed by atoms with E-state index in [9.17, 15) is 19.2 Å². The fourth-order valence-electron chi connectivity index (χ4n) is 2.55. The van der Waals surface area contributed by atoms with Gasteiger partial charge in [-0.2, -0.15) is 0 Å². The van der Waals surface area contributed by atoms with Crippen molar-refractivity contribution in [2.24, 2.45) is 0 Å². The Morgan fingerprint density at radius 1 is 1.15 bits per heavy atom. The van der Waals surface area contributed by atoms with E-state index in [1.54, 1.807) is 5.38 Å². The molecule has 0 aliphatic rings. The molecule has 0 bridgehead atoms. The van der Waals surface area contributed by atoms with Gasteiger partial charge in [-0.05, 0) is 5.56 Å². The largest absolute Gasteiger partial charge is 0.325 e. The Hall–Kier alpha value is -3.79. The zero-order chi connectivity index (χ0) is 19.0. The maximum absolute atomic E-state index is 12.9. The summed E-state index contributed by atoms with van der Waals surface area (Å²) in [7, 11) is 0. The van der Waals surface area contributed by atoms with E-state index in [-0.39, 0.29) is 11.3 Å². The van der Waals surface area contributed by atoms with Gasteiger partial charge in [0.05, 0.1) is 5.69 Å². The molecule has 0 aliphatic carbocycles. The molecule has 0 aliphatic heterocycles. The van der Waals surface area contributed by atoms with Gasteiger partial charge in [0.1, 0.15) is 11.3 Å². The number of hydrogen-bond donors (Lipinski definition) is 3. The van der Waals surface area contributed by atoms with E-state index < -0.39 is 22.7 Å². The summed E-state index contributed by atoms with van der Waals surface area (Å²) >= 11 is 1.28. The Kier molecular flexibility index (Phi) is 4.01. The number of aromatic nitrogens is 4. The first-order valence-electron chi connectivity index (χ1n) is 7.72. The summed E-state index contributed by atoms with van der Waals surface area (Å²) in [6.07, 6.45) is 2.22. The van der Waals surface area contributed by atoms with Crippen LogP contribution in [0.2, 0.25) is 0 Å². The van der Waals surface area contributed by atoms with Gasteiger partial charge >= 0.3 is 5.69 Å². The Morgan fingerprint density at radius 2 is 1.93 bits per heavy atom. The molecule has 9 nitrogen and oxygen atoms in total. The van der Waals surface area contributed by atoms with Crippen LogP contribution in [0.15, 0.2) is 62.5 Å². The first-order chi connectivity index (χ1) is 13.0. The Morgan fingerprint density at radius 3 is 2.67 bits per heavy atom. The van der Waals surface area contributed by atoms with Crippen LogP contribution in [0, 0.1) is 0 Å². The summed E-state index contributed by atoms with van der Waals surface area (Å²) in [4.78, 5) is 57.0. The van der Waals surface area contributed by atoms with E-state index in [1.807, 2.05) is 35.3 Å². The first kappa shape index (κ1) is 16.7. The molecule has 0 radical (unpaired) electrons. The highest BCUT2D eigenvalue weighted by Gasteiger charge is 2.18. The summed E-state index contributed by atoms with van der Waals surface area (Å²) in [5.74, 6) is -0.801. The number of rotatable bonds is 3. The van der Waals surface area contributed by atoms with Gasteiger partial charge in [-0.3, -0.25) is 23.8 Å². The van der Waals surface area contributed by atoms with E-state index in [4.69, 9.17) is 0 Å². The highest BCUT2D eigenvalue weighted by molar-refractivity contribution is 7.15. The molecule has 1 aromatic carbocycles. The smallest absolute Gasteiger partial charge is 0.316 e. The van der Waals surface area contributed by atoms with Gasteiger partial charge in [0.25, 0.3) is 17.0 Å². The van der Waals surface area contributed by atoms with Crippen LogP contribution in [0.25, 0.3) is 16.2 Å². The summed E-state index contributed by atoms with van der Waals surface area (Å²) in [6, 6.07) is 9.24. The minimum atomic E-state index is -0.801. The van der Waals surface area contributed by atoms with Crippen molar-refractivity contribution in [1.29, 1.82) is 0 Å². The molecule has 0 saturated carbocycles. The minimum Gasteiger partial charge on any atom is -0.316 e. The number of fused-ring (bicyclic) bond motifs is 1. The molecule has 0 spiro atoms. The molecule has 3 heterocycles. The van der Waals surface area contributed by atoms with Crippen LogP contribution in [0.1, 0.15) is 10.4 Å². The number of carbonyl (C=O) groups is 1. The van der Waals surface area contributed by atoms with Crippen molar-refractivity contribution in [2.45, 2.75) is 0 Å². The fourth-order valence-corrected chi connectivity index (χ4v) is 3.41. The van der Waals surface area contributed by atoms with Crippen molar-refractivity contribution in [3.8, 4) is 11.3 Å². The summed E-state index contributed by atoms with van der Waals surface area (Å²) < 4.78 is 1.35. The van der Waals surface area contributed by atoms with Crippen LogP contribution in [-0.2, 0) is 0 Å². The van der Waals surface area contributed by atoms with Crippen LogP contribution in [-0.4, -0.2) is 25.3 Å². The number of nitrogens with one attached hydrogen (secondary N) is 3. The van der Waals surface area contributed by atoms with Crippen molar-refractivity contribution >= 4 is 27.9 Å². The van der Waals surface area contributed by atoms with Gasteiger partial charge in [-0.15, -0.1) is 11.3 Å². The van der Waals surface area contributed by atoms with Gasteiger partial charge in [0.15, 0.2) is 4.96 Å². The quantitative estimate of drug-likeness (QED) is 0.488. The van der Waals surface area contributed by atoms with Gasteiger partial charge in [-0.25, -0.2) is 9.78 Å². The molecule has 1 amide bonds. The normalized spacial score (nSPS) is 10.8. The number of thiazole rings is 1. The Balaban J connectivity index is 1.80. The van der Waals surface area contributed by atoms with E-state index >= 15 is 0 Å². The molecule has 0 atom stereocenters. The third-order valence-corrected chi connectivity index (χ3v) is 4.67. The standard InChI is InChI=1S/C17H11N5O4S/c23-13(20-11-7-18-16(26)21-14(11)24)10-6-19-17-22(15(10)25)12(8-27-17)9-4-2-1-3-5-9/h1-8H,(H,20,23)(H2,18,21,24,26). The lowest BCUT2D eigenvalue weighted by molar-refractivity contribution is 0.102. The molecule has 10 heteroatoms. The molecule has 4 rings (SSSR count). The Labute approximate surface area is 154 Å². The van der Waals surface area contributed by atoms with Crippen LogP contribution in [0.3, 0.4) is 0 Å². The maximum atomic E-state index is 12.9. The second-order valence-electron chi connectivity index (χ2n) is 5.52. The second kappa shape index (κ2) is 6.50. The predicted octanol–water partition coefficient (Wildman–Crippen LogP) is 1.05. The monoisotopic (exact) mass is 381 g/mol. The summed E-state index contributed by atoms with van der Waals surface area (Å²) in [5, 5.41) is 4.09. The number of anilines is 1. The zero-order valence-corrected chi connectivity index (χ0v) is 14.4. The Bertz CT molecular complexity index is 1330. The molecule has 3 N–H and O–H groups in total. The molecular weight excluding hydrogens is 370 g/mol. The molecule has 134 valence electrons. The molecule has 0 saturated heterocycles. The lowest BCUT2D eigenvalue weighted by Crippen LogP contribution is -2.30. The highest BCUT2D eigenvalue weighted by atomic mass is 32.1. The zero-order valence-electron chi connectivity index (χ0n) is 13.6. The van der Waals surface area contributed by atoms with Crippen molar-refractivity contribution < 1.29 is 4.79 Å². The fraction of sp³-hybridized carbons (Fsp3) is 0. The first-order valence-corrected chi connectivity index (χ1v) is 8.60. The van der Waals surface area contributed by atoms with E-state index in [2.05, 4.69) is 15.3 Å². The van der Waals surface area contributed by atoms with Crippen LogP contribution in [0.5, 0.6) is 0 Å². The maximum Gasteiger partial charge on any atom is 0.325 e. The number of H-pyrrole nitrogens is 2. The molecular formula is C17H11N5O4S. The van der Waals surface area contributed by atoms with E-state index in [0.717, 1.165) is 18.0 Å². The third kappa shape index (κ3) is 2.98. The number of carbonyl (C=O) groups excluding carboxylic acids is 1. The summed E-state index contributed by atoms with van der Waals surface area (Å²) in [5.41, 5.74) is -1.02. The van der Waals surface area contributed by atoms with E-state index in [1.165, 1.54) is 15.7 Å². The van der Waals surface area contributed by atoms with E-state index in [0.29, 0.717) is 10.7 Å². The minimum absolute atomic E-state index is 0.183. The lowest BCUT2D eigenvalue weighted by atomic mass is 10.2. The molecule has 0 unspecified atom stereocenters. The summed E-state index contributed by atoms with van der Waals surface area (Å²) in [6.45, 7) is 0. The molecule has 3 aromatic heterocycles. The van der Waals surface area contributed by atoms with Crippen molar-refractivity contribution in [3.63, 3.8) is 0 Å². The molecule has 27 heavy (non-hydrogen) atoms. The number of hydrogen-bond acceptors (Lipinski definition) is 6. The number of nitrogens with zero attached hydrogens (tertiary/aromatic N) is 2. The number of aromatic amines is 2. The highest BCUT2D eigenvalue weighted by Crippen LogP contribution is 2.23. The molecule has 4 aromatic rings. The van der Waals surface area contributed by atoms with Crippen LogP contribution >= 0.6 is 11.3 Å². The van der Waals surface area contributed by atoms with Gasteiger partial charge in [-0.1, -0.05) is 30.3 Å². The average molecular weight is 381 g/mol. The number of amides is 1. The SMILES string of the molecule is O=C(Nc1c[nH]c(=O)[nH]c1=O)c1cnc2scc(-c3ccccc3)n2c1=O. The number of benzene rings is 1. The second-order valence-corrected chi connectivity index (χ2v) is 6.36. The topological polar surface area (TPSA) is 129 Å². The third-order valence-electron chi connectivity index (χ3n) is 3.83. The van der Waals surface area contributed by atoms with Gasteiger partial charge < -0.3 is 10.3 Å². The van der Waals surface area contributed by atoms with Crippen LogP contribution in [0.4, 0.5) is 5.69 Å².